The topological polar surface area (TPSA) is 64.6 Å². The first-order valence-electron chi connectivity index (χ1n) is 15.7. The molecule has 1 N–H and O–H groups in total. The van der Waals surface area contributed by atoms with Crippen molar-refractivity contribution in [1.82, 2.24) is 0 Å². The summed E-state index contributed by atoms with van der Waals surface area (Å²) in [6.07, 6.45) is 1.09. The Hall–Kier alpha value is -3.34. The highest BCUT2D eigenvalue weighted by Crippen LogP contribution is 2.38. The van der Waals surface area contributed by atoms with Crippen LogP contribution in [0.25, 0.3) is 0 Å². The molecule has 0 saturated carbocycles. The zero-order valence-electron chi connectivity index (χ0n) is 29.7. The van der Waals surface area contributed by atoms with Crippen molar-refractivity contribution < 1.29 is 19.1 Å². The molecule has 0 radical (unpaired) electrons. The van der Waals surface area contributed by atoms with Gasteiger partial charge in [0.25, 0.3) is 0 Å². The molecule has 0 amide bonds. The van der Waals surface area contributed by atoms with Crippen LogP contribution in [0.3, 0.4) is 0 Å². The van der Waals surface area contributed by atoms with E-state index in [1.54, 1.807) is 0 Å². The van der Waals surface area contributed by atoms with E-state index in [-0.39, 0.29) is 34.1 Å². The van der Waals surface area contributed by atoms with Gasteiger partial charge in [0, 0.05) is 29.8 Å². The van der Waals surface area contributed by atoms with E-state index < -0.39 is 5.97 Å². The molecule has 1 aliphatic rings. The van der Waals surface area contributed by atoms with Gasteiger partial charge in [-0.15, -0.1) is 0 Å². The van der Waals surface area contributed by atoms with Crippen molar-refractivity contribution in [3.8, 4) is 0 Å². The van der Waals surface area contributed by atoms with E-state index in [2.05, 4.69) is 125 Å². The number of rotatable bonds is 6. The molecule has 0 heterocycles. The number of carbonyl (C=O) groups is 2. The van der Waals surface area contributed by atoms with Crippen molar-refractivity contribution in [3.63, 3.8) is 0 Å². The third-order valence-electron chi connectivity index (χ3n) is 8.50. The summed E-state index contributed by atoms with van der Waals surface area (Å²) in [5.74, 6) is -0.763. The zero-order chi connectivity index (χ0) is 33.4. The second kappa shape index (κ2) is 12.6. The number of hydrogen-bond donors (Lipinski definition) is 1. The number of anilines is 1. The molecule has 240 valence electrons. The third-order valence-corrected chi connectivity index (χ3v) is 8.50. The van der Waals surface area contributed by atoms with E-state index in [9.17, 15) is 9.59 Å². The van der Waals surface area contributed by atoms with Gasteiger partial charge in [0.2, 0.25) is 0 Å². The fraction of sp³-hybridized carbons (Fsp3) is 0.538. The van der Waals surface area contributed by atoms with Crippen molar-refractivity contribution >= 4 is 17.6 Å². The van der Waals surface area contributed by atoms with Crippen LogP contribution in [0.1, 0.15) is 124 Å². The van der Waals surface area contributed by atoms with Crippen molar-refractivity contribution in [2.24, 2.45) is 0 Å². The average Bonchev–Trinajstić information content (AvgIpc) is 2.90. The minimum absolute atomic E-state index is 0.0379. The smallest absolute Gasteiger partial charge is 0.335 e. The molecule has 0 atom stereocenters. The number of ether oxygens (including phenoxy) is 2. The normalized spacial score (nSPS) is 15.0. The summed E-state index contributed by atoms with van der Waals surface area (Å²) in [4.78, 5) is 26.6. The van der Waals surface area contributed by atoms with Gasteiger partial charge in [-0.1, -0.05) is 113 Å². The van der Waals surface area contributed by atoms with Gasteiger partial charge >= 0.3 is 11.9 Å². The fourth-order valence-corrected chi connectivity index (χ4v) is 5.43. The van der Waals surface area contributed by atoms with E-state index in [4.69, 9.17) is 9.47 Å². The maximum Gasteiger partial charge on any atom is 0.335 e. The van der Waals surface area contributed by atoms with Crippen LogP contribution in [0, 0.1) is 0 Å². The van der Waals surface area contributed by atoms with Crippen LogP contribution in [-0.2, 0) is 47.1 Å². The standard InChI is InChI=1S/C39H55NO4/c1-36(2,3)26-16-24(17-27(19-26)37(4,5)6)15-25-18-32(35(42)44-14)33(23-31(25)34(41)43-13)40-30-21-28(38(7,8)9)20-29(22-30)39(10,11)12/h16-17,19-22,40H,15,18,23H2,1-14H3. The molecule has 5 heteroatoms. The highest BCUT2D eigenvalue weighted by molar-refractivity contribution is 5.96. The summed E-state index contributed by atoms with van der Waals surface area (Å²) in [6, 6.07) is 13.3. The van der Waals surface area contributed by atoms with Crippen molar-refractivity contribution in [1.29, 1.82) is 0 Å². The predicted molar refractivity (Wildman–Crippen MR) is 182 cm³/mol. The Kier molecular flexibility index (Phi) is 10.0. The predicted octanol–water partition coefficient (Wildman–Crippen LogP) is 9.22. The molecule has 5 nitrogen and oxygen atoms in total. The lowest BCUT2D eigenvalue weighted by Crippen LogP contribution is -2.23. The summed E-state index contributed by atoms with van der Waals surface area (Å²) >= 11 is 0. The maximum atomic E-state index is 13.3. The van der Waals surface area contributed by atoms with Crippen molar-refractivity contribution in [3.05, 3.63) is 86.6 Å². The molecule has 0 aromatic heterocycles. The Morgan fingerprint density at radius 3 is 1.36 bits per heavy atom. The number of allylic oxidation sites excluding steroid dienone is 2. The largest absolute Gasteiger partial charge is 0.466 e. The number of methoxy groups -OCH3 is 2. The molecule has 44 heavy (non-hydrogen) atoms. The lowest BCUT2D eigenvalue weighted by atomic mass is 9.78. The Bertz CT molecular complexity index is 1300. The van der Waals surface area contributed by atoms with E-state index in [1.165, 1.54) is 36.5 Å². The maximum absolute atomic E-state index is 13.3. The van der Waals surface area contributed by atoms with E-state index in [1.807, 2.05) is 0 Å². The monoisotopic (exact) mass is 601 g/mol. The molecule has 0 aliphatic heterocycles. The quantitative estimate of drug-likeness (QED) is 0.334. The van der Waals surface area contributed by atoms with Crippen LogP contribution in [0.15, 0.2) is 58.8 Å². The Morgan fingerprint density at radius 1 is 0.591 bits per heavy atom. The number of nitrogens with one attached hydrogen (secondary N) is 1. The molecule has 2 aromatic carbocycles. The molecule has 0 bridgehead atoms. The number of benzene rings is 2. The summed E-state index contributed by atoms with van der Waals surface area (Å²) in [5, 5.41) is 3.56. The summed E-state index contributed by atoms with van der Waals surface area (Å²) in [5.41, 5.74) is 9.36. The summed E-state index contributed by atoms with van der Waals surface area (Å²) in [7, 11) is 2.83. The SMILES string of the molecule is COC(=O)C1=C(Cc2cc(C(C)(C)C)cc(C(C)(C)C)c2)CC(C(=O)OC)=C(Nc2cc(C(C)(C)C)cc(C(C)(C)C)c2)C1. The zero-order valence-corrected chi connectivity index (χ0v) is 29.7. The first-order chi connectivity index (χ1) is 20.0. The van der Waals surface area contributed by atoms with Crippen molar-refractivity contribution in [2.75, 3.05) is 19.5 Å². The minimum Gasteiger partial charge on any atom is -0.466 e. The van der Waals surface area contributed by atoms with Gasteiger partial charge in [-0.2, -0.15) is 0 Å². The molecule has 0 spiro atoms. The fourth-order valence-electron chi connectivity index (χ4n) is 5.43. The van der Waals surface area contributed by atoms with Crippen LogP contribution < -0.4 is 5.32 Å². The minimum atomic E-state index is -0.393. The van der Waals surface area contributed by atoms with Crippen LogP contribution in [0.4, 0.5) is 5.69 Å². The molecule has 0 saturated heterocycles. The molecular weight excluding hydrogens is 546 g/mol. The molecule has 0 fully saturated rings. The Balaban J connectivity index is 2.15. The molecular formula is C39H55NO4. The van der Waals surface area contributed by atoms with Gasteiger partial charge < -0.3 is 14.8 Å². The number of hydrogen-bond acceptors (Lipinski definition) is 5. The average molecular weight is 602 g/mol. The number of carbonyl (C=O) groups excluding carboxylic acids is 2. The molecule has 0 unspecified atom stereocenters. The van der Waals surface area contributed by atoms with Gasteiger partial charge in [0.15, 0.2) is 0 Å². The van der Waals surface area contributed by atoms with E-state index in [0.29, 0.717) is 29.7 Å². The highest BCUT2D eigenvalue weighted by Gasteiger charge is 2.31. The van der Waals surface area contributed by atoms with Gasteiger partial charge in [0.05, 0.1) is 19.8 Å². The Labute approximate surface area is 266 Å². The van der Waals surface area contributed by atoms with Crippen LogP contribution >= 0.6 is 0 Å². The summed E-state index contributed by atoms with van der Waals surface area (Å²) in [6.45, 7) is 26.5. The third kappa shape index (κ3) is 8.43. The van der Waals surface area contributed by atoms with Crippen LogP contribution in [0.2, 0.25) is 0 Å². The van der Waals surface area contributed by atoms with Crippen LogP contribution in [0.5, 0.6) is 0 Å². The second-order valence-electron chi connectivity index (χ2n) is 16.4. The lowest BCUT2D eigenvalue weighted by molar-refractivity contribution is -0.137. The number of esters is 2. The summed E-state index contributed by atoms with van der Waals surface area (Å²) < 4.78 is 10.6. The molecule has 3 rings (SSSR count). The lowest BCUT2D eigenvalue weighted by Gasteiger charge is -2.29. The molecule has 1 aliphatic carbocycles. The second-order valence-corrected chi connectivity index (χ2v) is 16.4. The van der Waals surface area contributed by atoms with Gasteiger partial charge in [-0.3, -0.25) is 0 Å². The molecule has 2 aromatic rings. The van der Waals surface area contributed by atoms with E-state index >= 15 is 0 Å². The van der Waals surface area contributed by atoms with E-state index in [0.717, 1.165) is 16.8 Å². The Morgan fingerprint density at radius 2 is 0.977 bits per heavy atom. The van der Waals surface area contributed by atoms with Crippen molar-refractivity contribution in [2.45, 2.75) is 124 Å². The van der Waals surface area contributed by atoms with Gasteiger partial charge in [-0.05, 0) is 68.0 Å². The first-order valence-corrected chi connectivity index (χ1v) is 15.7. The van der Waals surface area contributed by atoms with Crippen LogP contribution in [-0.4, -0.2) is 26.2 Å². The van der Waals surface area contributed by atoms with Gasteiger partial charge in [-0.25, -0.2) is 9.59 Å². The highest BCUT2D eigenvalue weighted by atomic mass is 16.5. The first kappa shape index (κ1) is 35.1. The van der Waals surface area contributed by atoms with Gasteiger partial charge in [0.1, 0.15) is 0 Å².